The zero-order valence-corrected chi connectivity index (χ0v) is 12.5. The number of nitro benzene ring substituents is 1. The minimum absolute atomic E-state index is 0.0558. The number of carbonyl (C=O) groups is 1. The summed E-state index contributed by atoms with van der Waals surface area (Å²) in [6.45, 7) is 3.58. The molecule has 20 heavy (non-hydrogen) atoms. The van der Waals surface area contributed by atoms with Gasteiger partial charge < -0.3 is 10.5 Å². The Hall–Kier alpha value is -1.60. The molecule has 0 fully saturated rings. The second-order valence-electron chi connectivity index (χ2n) is 4.79. The first-order chi connectivity index (χ1) is 9.26. The highest BCUT2D eigenvalue weighted by Crippen LogP contribution is 2.29. The third kappa shape index (κ3) is 4.50. The van der Waals surface area contributed by atoms with Crippen molar-refractivity contribution in [2.75, 3.05) is 7.11 Å². The zero-order valence-electron chi connectivity index (χ0n) is 11.7. The van der Waals surface area contributed by atoms with Crippen LogP contribution in [0, 0.1) is 10.1 Å². The number of methoxy groups -OCH3 is 1. The summed E-state index contributed by atoms with van der Waals surface area (Å²) in [4.78, 5) is 22.5. The van der Waals surface area contributed by atoms with Crippen molar-refractivity contribution in [1.82, 2.24) is 0 Å². The minimum atomic E-state index is -1.04. The maximum atomic E-state index is 11.5. The third-order valence-corrected chi connectivity index (χ3v) is 3.86. The normalized spacial score (nSPS) is 15.2. The molecule has 0 spiro atoms. The minimum Gasteiger partial charge on any atom is -0.468 e. The first kappa shape index (κ1) is 16.5. The van der Waals surface area contributed by atoms with Gasteiger partial charge in [0.05, 0.1) is 12.0 Å². The SMILES string of the molecule is COC(=O)C(C)(N)CC(C)Sc1ccc([N+](=O)[O-])cc1. The molecule has 2 unspecified atom stereocenters. The first-order valence-electron chi connectivity index (χ1n) is 6.04. The number of non-ortho nitro benzene ring substituents is 1. The van der Waals surface area contributed by atoms with E-state index in [1.807, 2.05) is 6.92 Å². The molecule has 0 bridgehead atoms. The van der Waals surface area contributed by atoms with Gasteiger partial charge in [-0.05, 0) is 25.5 Å². The fraction of sp³-hybridized carbons (Fsp3) is 0.462. The second kappa shape index (κ2) is 6.71. The van der Waals surface area contributed by atoms with Crippen LogP contribution in [0.1, 0.15) is 20.3 Å². The number of carbonyl (C=O) groups excluding carboxylic acids is 1. The number of esters is 1. The fourth-order valence-electron chi connectivity index (χ4n) is 1.83. The van der Waals surface area contributed by atoms with E-state index in [-0.39, 0.29) is 10.9 Å². The summed E-state index contributed by atoms with van der Waals surface area (Å²) in [6.07, 6.45) is 0.446. The molecule has 2 N–H and O–H groups in total. The Labute approximate surface area is 121 Å². The highest BCUT2D eigenvalue weighted by molar-refractivity contribution is 7.99. The van der Waals surface area contributed by atoms with Crippen molar-refractivity contribution in [3.8, 4) is 0 Å². The van der Waals surface area contributed by atoms with E-state index in [1.165, 1.54) is 31.0 Å². The Morgan fingerprint density at radius 2 is 2.05 bits per heavy atom. The van der Waals surface area contributed by atoms with Crippen molar-refractivity contribution in [2.24, 2.45) is 5.73 Å². The Morgan fingerprint density at radius 3 is 2.50 bits per heavy atom. The fourth-order valence-corrected chi connectivity index (χ4v) is 3.02. The molecule has 0 saturated heterocycles. The lowest BCUT2D eigenvalue weighted by Crippen LogP contribution is -2.47. The van der Waals surface area contributed by atoms with Gasteiger partial charge >= 0.3 is 5.97 Å². The molecule has 0 aliphatic carbocycles. The summed E-state index contributed by atoms with van der Waals surface area (Å²) in [7, 11) is 1.31. The highest BCUT2D eigenvalue weighted by atomic mass is 32.2. The first-order valence-corrected chi connectivity index (χ1v) is 6.92. The molecule has 110 valence electrons. The smallest absolute Gasteiger partial charge is 0.325 e. The number of rotatable bonds is 6. The lowest BCUT2D eigenvalue weighted by Gasteiger charge is -2.24. The van der Waals surface area contributed by atoms with E-state index in [1.54, 1.807) is 19.1 Å². The van der Waals surface area contributed by atoms with Crippen LogP contribution < -0.4 is 5.73 Å². The van der Waals surface area contributed by atoms with Crippen molar-refractivity contribution >= 4 is 23.4 Å². The van der Waals surface area contributed by atoms with Crippen molar-refractivity contribution < 1.29 is 14.5 Å². The molecule has 1 rings (SSSR count). The van der Waals surface area contributed by atoms with Crippen molar-refractivity contribution in [3.05, 3.63) is 34.4 Å². The summed E-state index contributed by atoms with van der Waals surface area (Å²) in [5.74, 6) is -0.450. The molecule has 0 amide bonds. The summed E-state index contributed by atoms with van der Waals surface area (Å²) in [5, 5.41) is 10.6. The monoisotopic (exact) mass is 298 g/mol. The van der Waals surface area contributed by atoms with Gasteiger partial charge in [-0.15, -0.1) is 11.8 Å². The quantitative estimate of drug-likeness (QED) is 0.375. The molecular formula is C13H18N2O4S. The van der Waals surface area contributed by atoms with E-state index in [2.05, 4.69) is 4.74 Å². The number of nitrogens with zero attached hydrogens (tertiary/aromatic N) is 1. The number of thioether (sulfide) groups is 1. The van der Waals surface area contributed by atoms with Crippen LogP contribution in [0.4, 0.5) is 5.69 Å². The van der Waals surface area contributed by atoms with Crippen LogP contribution in [0.25, 0.3) is 0 Å². The molecule has 0 aromatic heterocycles. The number of nitrogens with two attached hydrogens (primary N) is 1. The van der Waals surface area contributed by atoms with Crippen LogP contribution in [0.15, 0.2) is 29.2 Å². The molecular weight excluding hydrogens is 280 g/mol. The van der Waals surface area contributed by atoms with Gasteiger partial charge in [-0.2, -0.15) is 0 Å². The van der Waals surface area contributed by atoms with Crippen LogP contribution in [-0.4, -0.2) is 28.8 Å². The van der Waals surface area contributed by atoms with Crippen molar-refractivity contribution in [1.29, 1.82) is 0 Å². The van der Waals surface area contributed by atoms with E-state index >= 15 is 0 Å². The molecule has 0 radical (unpaired) electrons. The summed E-state index contributed by atoms with van der Waals surface area (Å²) in [5.41, 5.74) is 4.93. The van der Waals surface area contributed by atoms with Crippen molar-refractivity contribution in [2.45, 2.75) is 36.0 Å². The van der Waals surface area contributed by atoms with Crippen LogP contribution in [0.3, 0.4) is 0 Å². The van der Waals surface area contributed by atoms with Gasteiger partial charge in [0.15, 0.2) is 0 Å². The van der Waals surface area contributed by atoms with E-state index < -0.39 is 16.4 Å². The summed E-state index contributed by atoms with van der Waals surface area (Å²) in [6, 6.07) is 6.28. The molecule has 0 aliphatic rings. The van der Waals surface area contributed by atoms with E-state index in [0.717, 1.165) is 4.90 Å². The largest absolute Gasteiger partial charge is 0.468 e. The van der Waals surface area contributed by atoms with Crippen LogP contribution in [0.2, 0.25) is 0 Å². The summed E-state index contributed by atoms with van der Waals surface area (Å²) >= 11 is 1.51. The number of nitro groups is 1. The number of hydrogen-bond acceptors (Lipinski definition) is 6. The van der Waals surface area contributed by atoms with Crippen LogP contribution >= 0.6 is 11.8 Å². The molecule has 0 aliphatic heterocycles. The zero-order chi connectivity index (χ0) is 15.3. The van der Waals surface area contributed by atoms with Gasteiger partial charge in [0.1, 0.15) is 5.54 Å². The number of ether oxygens (including phenoxy) is 1. The molecule has 6 nitrogen and oxygen atoms in total. The van der Waals surface area contributed by atoms with Gasteiger partial charge in [-0.3, -0.25) is 14.9 Å². The number of benzene rings is 1. The van der Waals surface area contributed by atoms with E-state index in [4.69, 9.17) is 5.73 Å². The van der Waals surface area contributed by atoms with E-state index in [0.29, 0.717) is 6.42 Å². The average Bonchev–Trinajstić information content (AvgIpc) is 2.37. The predicted octanol–water partition coefficient (Wildman–Crippen LogP) is 2.36. The van der Waals surface area contributed by atoms with Crippen molar-refractivity contribution in [3.63, 3.8) is 0 Å². The van der Waals surface area contributed by atoms with Gasteiger partial charge in [0.2, 0.25) is 0 Å². The lowest BCUT2D eigenvalue weighted by molar-refractivity contribution is -0.384. The Bertz CT molecular complexity index is 488. The molecule has 2 atom stereocenters. The second-order valence-corrected chi connectivity index (χ2v) is 6.30. The van der Waals surface area contributed by atoms with Crippen LogP contribution in [0.5, 0.6) is 0 Å². The molecule has 0 heterocycles. The lowest BCUT2D eigenvalue weighted by atomic mass is 9.98. The third-order valence-electron chi connectivity index (χ3n) is 2.75. The molecule has 7 heteroatoms. The molecule has 1 aromatic carbocycles. The standard InChI is InChI=1S/C13H18N2O4S/c1-9(8-13(2,14)12(16)19-3)20-11-6-4-10(5-7-11)15(17)18/h4-7,9H,8,14H2,1-3H3. The topological polar surface area (TPSA) is 95.5 Å². The maximum Gasteiger partial charge on any atom is 0.325 e. The Balaban J connectivity index is 2.64. The van der Waals surface area contributed by atoms with Gasteiger partial charge in [-0.1, -0.05) is 6.92 Å². The number of hydrogen-bond donors (Lipinski definition) is 1. The summed E-state index contributed by atoms with van der Waals surface area (Å²) < 4.78 is 4.66. The Morgan fingerprint density at radius 1 is 1.50 bits per heavy atom. The van der Waals surface area contributed by atoms with Crippen LogP contribution in [-0.2, 0) is 9.53 Å². The maximum absolute atomic E-state index is 11.5. The average molecular weight is 298 g/mol. The van der Waals surface area contributed by atoms with Gasteiger partial charge in [0.25, 0.3) is 5.69 Å². The van der Waals surface area contributed by atoms with E-state index in [9.17, 15) is 14.9 Å². The Kier molecular flexibility index (Phi) is 5.52. The highest BCUT2D eigenvalue weighted by Gasteiger charge is 2.31. The predicted molar refractivity (Wildman–Crippen MR) is 77.6 cm³/mol. The molecule has 0 saturated carbocycles. The van der Waals surface area contributed by atoms with Gasteiger partial charge in [-0.25, -0.2) is 0 Å². The molecule has 1 aromatic rings. The van der Waals surface area contributed by atoms with Gasteiger partial charge in [0, 0.05) is 22.3 Å².